The van der Waals surface area contributed by atoms with Crippen LogP contribution >= 0.6 is 22.6 Å². The Morgan fingerprint density at radius 3 is 2.22 bits per heavy atom. The number of hydrogen-bond donors (Lipinski definition) is 0. The molecule has 0 fully saturated rings. The molecule has 1 rings (SSSR count). The van der Waals surface area contributed by atoms with Crippen LogP contribution in [-0.2, 0) is 14.9 Å². The van der Waals surface area contributed by atoms with Crippen LogP contribution in [0, 0.1) is 0 Å². The van der Waals surface area contributed by atoms with Crippen molar-refractivity contribution in [3.05, 3.63) is 39.5 Å². The van der Waals surface area contributed by atoms with Crippen molar-refractivity contribution < 1.29 is 9.53 Å². The molecule has 0 heterocycles. The summed E-state index contributed by atoms with van der Waals surface area (Å²) < 4.78 is 6.80. The summed E-state index contributed by atoms with van der Waals surface area (Å²) in [5, 5.41) is 0. The van der Waals surface area contributed by atoms with Crippen molar-refractivity contribution in [1.29, 1.82) is 0 Å². The van der Waals surface area contributed by atoms with Crippen LogP contribution in [0.3, 0.4) is 0 Å². The smallest absolute Gasteiger partial charge is 0.339 e. The van der Waals surface area contributed by atoms with Gasteiger partial charge in [0.05, 0.1) is 12.2 Å². The number of carbonyl (C=O) groups excluding carboxylic acids is 1. The van der Waals surface area contributed by atoms with Crippen LogP contribution < -0.4 is 0 Å². The second-order valence-electron chi connectivity index (χ2n) is 5.07. The largest absolute Gasteiger partial charge is 0.462 e. The van der Waals surface area contributed by atoms with E-state index in [-0.39, 0.29) is 11.4 Å². The molecule has 0 amide bonds. The van der Waals surface area contributed by atoms with E-state index in [4.69, 9.17) is 4.74 Å². The third-order valence-electron chi connectivity index (χ3n) is 2.67. The van der Waals surface area contributed by atoms with Gasteiger partial charge in [0, 0.05) is 0 Å². The van der Waals surface area contributed by atoms with Crippen molar-refractivity contribution in [2.24, 2.45) is 0 Å². The maximum Gasteiger partial charge on any atom is 0.339 e. The van der Waals surface area contributed by atoms with Crippen LogP contribution in [0.5, 0.6) is 0 Å². The molecule has 0 atom stereocenters. The van der Waals surface area contributed by atoms with Gasteiger partial charge in [-0.3, -0.25) is 0 Å². The zero-order valence-electron chi connectivity index (χ0n) is 11.3. The van der Waals surface area contributed by atoms with Crippen molar-refractivity contribution in [3.8, 4) is 0 Å². The molecule has 0 radical (unpaired) electrons. The molecule has 0 aromatic heterocycles. The van der Waals surface area contributed by atoms with Crippen LogP contribution in [-0.4, -0.2) is 12.6 Å². The number of benzene rings is 1. The molecule has 0 spiro atoms. The maximum atomic E-state index is 11.8. The molecular formula is C15H19IO2. The standard InChI is InChI=1S/C15H19IO2/c1-5-18-14(17)13(10-16)11-6-8-12(9-7-11)15(2,3)4/h6-10H,5H2,1-4H3. The van der Waals surface area contributed by atoms with Crippen molar-refractivity contribution in [2.75, 3.05) is 6.61 Å². The van der Waals surface area contributed by atoms with Crippen molar-refractivity contribution in [3.63, 3.8) is 0 Å². The van der Waals surface area contributed by atoms with E-state index in [0.29, 0.717) is 12.2 Å². The fourth-order valence-corrected chi connectivity index (χ4v) is 2.20. The average molecular weight is 358 g/mol. The second kappa shape index (κ2) is 6.36. The van der Waals surface area contributed by atoms with Gasteiger partial charge in [-0.25, -0.2) is 4.79 Å². The van der Waals surface area contributed by atoms with Crippen LogP contribution in [0.15, 0.2) is 28.3 Å². The van der Waals surface area contributed by atoms with Gasteiger partial charge in [0.2, 0.25) is 0 Å². The second-order valence-corrected chi connectivity index (χ2v) is 5.69. The molecule has 0 aliphatic rings. The van der Waals surface area contributed by atoms with E-state index in [2.05, 4.69) is 55.5 Å². The van der Waals surface area contributed by atoms with E-state index in [9.17, 15) is 4.79 Å². The van der Waals surface area contributed by atoms with E-state index in [0.717, 1.165) is 5.56 Å². The lowest BCUT2D eigenvalue weighted by atomic mass is 9.86. The van der Waals surface area contributed by atoms with Crippen LogP contribution in [0.1, 0.15) is 38.8 Å². The Kier molecular flexibility index (Phi) is 5.38. The van der Waals surface area contributed by atoms with Crippen LogP contribution in [0.2, 0.25) is 0 Å². The lowest BCUT2D eigenvalue weighted by Crippen LogP contribution is -2.11. The molecule has 3 heteroatoms. The number of rotatable bonds is 3. The predicted octanol–water partition coefficient (Wildman–Crippen LogP) is 4.32. The highest BCUT2D eigenvalue weighted by molar-refractivity contribution is 14.1. The van der Waals surface area contributed by atoms with E-state index in [1.165, 1.54) is 5.56 Å². The highest BCUT2D eigenvalue weighted by Gasteiger charge is 2.16. The van der Waals surface area contributed by atoms with Crippen molar-refractivity contribution in [2.45, 2.75) is 33.1 Å². The number of ether oxygens (including phenoxy) is 1. The molecule has 0 N–H and O–H groups in total. The molecule has 1 aromatic rings. The fraction of sp³-hybridized carbons (Fsp3) is 0.400. The van der Waals surface area contributed by atoms with Crippen LogP contribution in [0.4, 0.5) is 0 Å². The Morgan fingerprint density at radius 1 is 1.28 bits per heavy atom. The summed E-state index contributed by atoms with van der Waals surface area (Å²) in [5.41, 5.74) is 2.88. The molecule has 0 aliphatic heterocycles. The third kappa shape index (κ3) is 3.83. The lowest BCUT2D eigenvalue weighted by molar-refractivity contribution is -0.136. The Bertz CT molecular complexity index is 439. The highest BCUT2D eigenvalue weighted by atomic mass is 127. The third-order valence-corrected chi connectivity index (χ3v) is 3.29. The summed E-state index contributed by atoms with van der Waals surface area (Å²) in [6.07, 6.45) is 0. The van der Waals surface area contributed by atoms with Gasteiger partial charge in [-0.1, -0.05) is 67.6 Å². The normalized spacial score (nSPS) is 12.4. The summed E-state index contributed by atoms with van der Waals surface area (Å²) in [6.45, 7) is 8.71. The predicted molar refractivity (Wildman–Crippen MR) is 83.8 cm³/mol. The first kappa shape index (κ1) is 15.2. The zero-order chi connectivity index (χ0) is 13.8. The summed E-state index contributed by atoms with van der Waals surface area (Å²) in [4.78, 5) is 11.8. The van der Waals surface area contributed by atoms with Gasteiger partial charge in [0.1, 0.15) is 0 Å². The first-order chi connectivity index (χ1) is 8.40. The SMILES string of the molecule is CCOC(=O)C(=CI)c1ccc(C(C)(C)C)cc1. The quantitative estimate of drug-likeness (QED) is 0.457. The first-order valence-electron chi connectivity index (χ1n) is 5.98. The molecular weight excluding hydrogens is 339 g/mol. The highest BCUT2D eigenvalue weighted by Crippen LogP contribution is 2.25. The van der Waals surface area contributed by atoms with Gasteiger partial charge in [-0.05, 0) is 27.5 Å². The molecule has 0 saturated heterocycles. The van der Waals surface area contributed by atoms with E-state index in [1.54, 1.807) is 4.08 Å². The minimum Gasteiger partial charge on any atom is -0.462 e. The lowest BCUT2D eigenvalue weighted by Gasteiger charge is -2.19. The topological polar surface area (TPSA) is 26.3 Å². The van der Waals surface area contributed by atoms with Gasteiger partial charge < -0.3 is 4.74 Å². The van der Waals surface area contributed by atoms with E-state index in [1.807, 2.05) is 19.1 Å². The summed E-state index contributed by atoms with van der Waals surface area (Å²) in [6, 6.07) is 8.08. The molecule has 0 saturated carbocycles. The minimum atomic E-state index is -0.268. The molecule has 2 nitrogen and oxygen atoms in total. The molecule has 0 aliphatic carbocycles. The zero-order valence-corrected chi connectivity index (χ0v) is 13.4. The monoisotopic (exact) mass is 358 g/mol. The number of carbonyl (C=O) groups is 1. The Balaban J connectivity index is 3.00. The first-order valence-corrected chi connectivity index (χ1v) is 7.23. The summed E-state index contributed by atoms with van der Waals surface area (Å²) in [5.74, 6) is -0.268. The van der Waals surface area contributed by atoms with Gasteiger partial charge in [0.15, 0.2) is 0 Å². The van der Waals surface area contributed by atoms with Gasteiger partial charge in [-0.2, -0.15) is 0 Å². The maximum absolute atomic E-state index is 11.8. The fourth-order valence-electron chi connectivity index (χ4n) is 1.58. The Labute approximate surface area is 123 Å². The number of hydrogen-bond acceptors (Lipinski definition) is 2. The molecule has 18 heavy (non-hydrogen) atoms. The van der Waals surface area contributed by atoms with E-state index >= 15 is 0 Å². The molecule has 98 valence electrons. The Morgan fingerprint density at radius 2 is 1.83 bits per heavy atom. The van der Waals surface area contributed by atoms with E-state index < -0.39 is 0 Å². The Hall–Kier alpha value is -0.840. The van der Waals surface area contributed by atoms with Crippen LogP contribution in [0.25, 0.3) is 5.57 Å². The molecule has 1 aromatic carbocycles. The van der Waals surface area contributed by atoms with Crippen molar-refractivity contribution in [1.82, 2.24) is 0 Å². The van der Waals surface area contributed by atoms with Gasteiger partial charge in [-0.15, -0.1) is 0 Å². The van der Waals surface area contributed by atoms with Gasteiger partial charge in [0.25, 0.3) is 0 Å². The molecule has 0 unspecified atom stereocenters. The summed E-state index contributed by atoms with van der Waals surface area (Å²) in [7, 11) is 0. The number of esters is 1. The van der Waals surface area contributed by atoms with Gasteiger partial charge >= 0.3 is 5.97 Å². The summed E-state index contributed by atoms with van der Waals surface area (Å²) >= 11 is 2.07. The average Bonchev–Trinajstić information content (AvgIpc) is 2.30. The minimum absolute atomic E-state index is 0.122. The number of halogens is 1. The molecule has 0 bridgehead atoms. The van der Waals surface area contributed by atoms with Crippen molar-refractivity contribution >= 4 is 34.1 Å².